The molecule has 0 fully saturated rings. The van der Waals surface area contributed by atoms with Crippen LogP contribution in [0.1, 0.15) is 31.5 Å². The largest absolute Gasteiger partial charge is 0.348 e. The van der Waals surface area contributed by atoms with Gasteiger partial charge in [-0.25, -0.2) is 4.98 Å². The van der Waals surface area contributed by atoms with E-state index in [2.05, 4.69) is 15.4 Å². The number of hydrogen-bond donors (Lipinski definition) is 1. The minimum atomic E-state index is -0.128. The van der Waals surface area contributed by atoms with Crippen molar-refractivity contribution in [3.8, 4) is 0 Å². The van der Waals surface area contributed by atoms with Crippen molar-refractivity contribution in [2.75, 3.05) is 0 Å². The van der Waals surface area contributed by atoms with Crippen LogP contribution in [0.15, 0.2) is 47.7 Å². The summed E-state index contributed by atoms with van der Waals surface area (Å²) in [5.74, 6) is -0.104. The fourth-order valence-electron chi connectivity index (χ4n) is 2.86. The first-order valence-electron chi connectivity index (χ1n) is 8.31. The molecule has 3 aromatic rings. The second kappa shape index (κ2) is 7.29. The normalized spacial score (nSPS) is 12.2. The number of hydrogen-bond acceptors (Lipinski definition) is 4. The third-order valence-electron chi connectivity index (χ3n) is 4.27. The van der Waals surface area contributed by atoms with Gasteiger partial charge in [0.05, 0.1) is 29.0 Å². The van der Waals surface area contributed by atoms with Crippen LogP contribution in [-0.2, 0) is 18.4 Å². The first kappa shape index (κ1) is 16.9. The number of aromatic nitrogens is 4. The standard InChI is InChI=1S/C18H21N5O2/c1-3-14(16-8-10-20-22(16)2)21-17(24)9-11-23-12-19-15-7-5-4-6-13(15)18(23)25/h4-8,10,12,14H,3,9,11H2,1-2H3,(H,21,24)/t14-/m1/s1. The van der Waals surface area contributed by atoms with Crippen molar-refractivity contribution in [2.24, 2.45) is 7.05 Å². The van der Waals surface area contributed by atoms with Crippen LogP contribution in [-0.4, -0.2) is 25.2 Å². The van der Waals surface area contributed by atoms with Gasteiger partial charge in [0.25, 0.3) is 5.56 Å². The zero-order valence-corrected chi connectivity index (χ0v) is 14.3. The maximum absolute atomic E-state index is 12.4. The fourth-order valence-corrected chi connectivity index (χ4v) is 2.86. The number of aryl methyl sites for hydroxylation is 2. The molecule has 0 saturated heterocycles. The van der Waals surface area contributed by atoms with Gasteiger partial charge in [0.1, 0.15) is 0 Å². The van der Waals surface area contributed by atoms with Gasteiger partial charge in [-0.05, 0) is 24.6 Å². The first-order chi connectivity index (χ1) is 12.1. The molecule has 0 unspecified atom stereocenters. The predicted molar refractivity (Wildman–Crippen MR) is 95.0 cm³/mol. The third-order valence-corrected chi connectivity index (χ3v) is 4.27. The van der Waals surface area contributed by atoms with Crippen molar-refractivity contribution in [1.29, 1.82) is 0 Å². The minimum Gasteiger partial charge on any atom is -0.348 e. The summed E-state index contributed by atoms with van der Waals surface area (Å²) in [4.78, 5) is 29.0. The molecule has 2 heterocycles. The van der Waals surface area contributed by atoms with E-state index in [0.29, 0.717) is 17.4 Å². The molecule has 1 atom stereocenters. The van der Waals surface area contributed by atoms with Crippen LogP contribution in [0.2, 0.25) is 0 Å². The number of nitrogens with one attached hydrogen (secondary N) is 1. The SMILES string of the molecule is CC[C@@H](NC(=O)CCn1cnc2ccccc2c1=O)c1ccnn1C. The lowest BCUT2D eigenvalue weighted by Crippen LogP contribution is -2.31. The average molecular weight is 339 g/mol. The maximum Gasteiger partial charge on any atom is 0.261 e. The average Bonchev–Trinajstić information content (AvgIpc) is 3.05. The van der Waals surface area contributed by atoms with Crippen molar-refractivity contribution >= 4 is 16.8 Å². The smallest absolute Gasteiger partial charge is 0.261 e. The number of nitrogens with zero attached hydrogens (tertiary/aromatic N) is 4. The number of carbonyl (C=O) groups is 1. The highest BCUT2D eigenvalue weighted by Crippen LogP contribution is 2.15. The Morgan fingerprint density at radius 2 is 2.08 bits per heavy atom. The topological polar surface area (TPSA) is 81.8 Å². The molecular formula is C18H21N5O2. The van der Waals surface area contributed by atoms with Gasteiger partial charge >= 0.3 is 0 Å². The molecular weight excluding hydrogens is 318 g/mol. The minimum absolute atomic E-state index is 0.0912. The molecule has 7 heteroatoms. The van der Waals surface area contributed by atoms with Crippen LogP contribution in [0.25, 0.3) is 10.9 Å². The Labute approximate surface area is 145 Å². The van der Waals surface area contributed by atoms with E-state index in [0.717, 1.165) is 12.1 Å². The molecule has 0 aliphatic rings. The van der Waals surface area contributed by atoms with Crippen molar-refractivity contribution in [1.82, 2.24) is 24.6 Å². The fraction of sp³-hybridized carbons (Fsp3) is 0.333. The van der Waals surface area contributed by atoms with E-state index in [1.165, 1.54) is 10.9 Å². The van der Waals surface area contributed by atoms with E-state index in [1.54, 1.807) is 23.0 Å². The second-order valence-corrected chi connectivity index (χ2v) is 5.92. The van der Waals surface area contributed by atoms with Crippen LogP contribution >= 0.6 is 0 Å². The molecule has 0 bridgehead atoms. The van der Waals surface area contributed by atoms with E-state index < -0.39 is 0 Å². The highest BCUT2D eigenvalue weighted by molar-refractivity contribution is 5.77. The van der Waals surface area contributed by atoms with E-state index in [1.807, 2.05) is 32.2 Å². The van der Waals surface area contributed by atoms with Gasteiger partial charge in [0.15, 0.2) is 0 Å². The zero-order valence-electron chi connectivity index (χ0n) is 14.3. The summed E-state index contributed by atoms with van der Waals surface area (Å²) in [5, 5.41) is 7.70. The van der Waals surface area contributed by atoms with Gasteiger partial charge in [-0.15, -0.1) is 0 Å². The molecule has 7 nitrogen and oxygen atoms in total. The number of carbonyl (C=O) groups excluding carboxylic acids is 1. The predicted octanol–water partition coefficient (Wildman–Crippen LogP) is 1.79. The van der Waals surface area contributed by atoms with Crippen LogP contribution in [0.4, 0.5) is 0 Å². The summed E-state index contributed by atoms with van der Waals surface area (Å²) in [7, 11) is 1.85. The summed E-state index contributed by atoms with van der Waals surface area (Å²) in [6.45, 7) is 2.31. The number of fused-ring (bicyclic) bond motifs is 1. The van der Waals surface area contributed by atoms with Crippen molar-refractivity contribution < 1.29 is 4.79 Å². The van der Waals surface area contributed by atoms with Crippen molar-refractivity contribution in [3.05, 3.63) is 58.9 Å². The molecule has 1 amide bonds. The van der Waals surface area contributed by atoms with Crippen LogP contribution < -0.4 is 10.9 Å². The molecule has 0 radical (unpaired) electrons. The molecule has 2 aromatic heterocycles. The van der Waals surface area contributed by atoms with Gasteiger partial charge in [-0.2, -0.15) is 5.10 Å². The Bertz CT molecular complexity index is 944. The third kappa shape index (κ3) is 3.60. The number of rotatable bonds is 6. The Morgan fingerprint density at radius 3 is 2.80 bits per heavy atom. The Balaban J connectivity index is 1.67. The molecule has 3 rings (SSSR count). The summed E-state index contributed by atoms with van der Waals surface area (Å²) in [6, 6.07) is 9.00. The van der Waals surface area contributed by atoms with Gasteiger partial charge in [-0.1, -0.05) is 19.1 Å². The van der Waals surface area contributed by atoms with Gasteiger partial charge in [0, 0.05) is 26.2 Å². The van der Waals surface area contributed by atoms with Gasteiger partial charge in [0.2, 0.25) is 5.91 Å². The molecule has 0 aliphatic heterocycles. The zero-order chi connectivity index (χ0) is 17.8. The van der Waals surface area contributed by atoms with Crippen molar-refractivity contribution in [3.63, 3.8) is 0 Å². The summed E-state index contributed by atoms with van der Waals surface area (Å²) < 4.78 is 3.24. The summed E-state index contributed by atoms with van der Waals surface area (Å²) >= 11 is 0. The number of para-hydroxylation sites is 1. The summed E-state index contributed by atoms with van der Waals surface area (Å²) in [6.07, 6.45) is 4.19. The summed E-state index contributed by atoms with van der Waals surface area (Å²) in [5.41, 5.74) is 1.49. The second-order valence-electron chi connectivity index (χ2n) is 5.92. The molecule has 0 spiro atoms. The van der Waals surface area contributed by atoms with E-state index in [9.17, 15) is 9.59 Å². The molecule has 1 aromatic carbocycles. The first-order valence-corrected chi connectivity index (χ1v) is 8.31. The van der Waals surface area contributed by atoms with Crippen LogP contribution in [0.5, 0.6) is 0 Å². The monoisotopic (exact) mass is 339 g/mol. The molecule has 1 N–H and O–H groups in total. The maximum atomic E-state index is 12.4. The highest BCUT2D eigenvalue weighted by Gasteiger charge is 2.16. The lowest BCUT2D eigenvalue weighted by molar-refractivity contribution is -0.122. The van der Waals surface area contributed by atoms with E-state index in [4.69, 9.17) is 0 Å². The van der Waals surface area contributed by atoms with Crippen LogP contribution in [0.3, 0.4) is 0 Å². The number of benzene rings is 1. The Hall–Kier alpha value is -2.96. The lowest BCUT2D eigenvalue weighted by atomic mass is 10.1. The van der Waals surface area contributed by atoms with E-state index in [-0.39, 0.29) is 23.9 Å². The van der Waals surface area contributed by atoms with Gasteiger partial charge in [-0.3, -0.25) is 18.8 Å². The van der Waals surface area contributed by atoms with Crippen molar-refractivity contribution in [2.45, 2.75) is 32.4 Å². The molecule has 130 valence electrons. The molecule has 25 heavy (non-hydrogen) atoms. The number of amides is 1. The Kier molecular flexibility index (Phi) is 4.92. The highest BCUT2D eigenvalue weighted by atomic mass is 16.2. The van der Waals surface area contributed by atoms with Crippen LogP contribution in [0, 0.1) is 0 Å². The lowest BCUT2D eigenvalue weighted by Gasteiger charge is -2.17. The van der Waals surface area contributed by atoms with E-state index >= 15 is 0 Å². The van der Waals surface area contributed by atoms with Gasteiger partial charge < -0.3 is 5.32 Å². The Morgan fingerprint density at radius 1 is 1.28 bits per heavy atom. The molecule has 0 aliphatic carbocycles. The molecule has 0 saturated carbocycles. The quantitative estimate of drug-likeness (QED) is 0.742.